The van der Waals surface area contributed by atoms with E-state index >= 15 is 0 Å². The van der Waals surface area contributed by atoms with Crippen LogP contribution in [-0.4, -0.2) is 48.7 Å². The maximum absolute atomic E-state index is 13.5. The number of nitrogens with zero attached hydrogens (tertiary/aromatic N) is 4. The van der Waals surface area contributed by atoms with Crippen LogP contribution < -0.4 is 4.74 Å². The molecule has 8 heteroatoms. The summed E-state index contributed by atoms with van der Waals surface area (Å²) < 4.78 is 33.3. The summed E-state index contributed by atoms with van der Waals surface area (Å²) in [6, 6.07) is 23.0. The maximum Gasteiger partial charge on any atom is 0.266 e. The first-order valence-corrected chi connectivity index (χ1v) is 12.0. The van der Waals surface area contributed by atoms with E-state index in [0.29, 0.717) is 11.1 Å². The van der Waals surface area contributed by atoms with Gasteiger partial charge in [0.15, 0.2) is 0 Å². The molecule has 0 bridgehead atoms. The lowest BCUT2D eigenvalue weighted by Crippen LogP contribution is -2.23. The number of hydrogen-bond acceptors (Lipinski definition) is 6. The van der Waals surface area contributed by atoms with Gasteiger partial charge in [0.25, 0.3) is 10.0 Å². The zero-order valence-corrected chi connectivity index (χ0v) is 19.6. The van der Waals surface area contributed by atoms with Gasteiger partial charge in [-0.15, -0.1) is 9.19 Å². The van der Waals surface area contributed by atoms with Crippen molar-refractivity contribution >= 4 is 10.0 Å². The van der Waals surface area contributed by atoms with Gasteiger partial charge in [-0.05, 0) is 54.0 Å². The van der Waals surface area contributed by atoms with Crippen molar-refractivity contribution in [3.05, 3.63) is 102 Å². The van der Waals surface area contributed by atoms with Gasteiger partial charge in [0.2, 0.25) is 0 Å². The van der Waals surface area contributed by atoms with Crippen molar-refractivity contribution < 1.29 is 13.2 Å². The molecule has 1 heterocycles. The van der Waals surface area contributed by atoms with Gasteiger partial charge in [0, 0.05) is 6.54 Å². The van der Waals surface area contributed by atoms with Gasteiger partial charge in [0.05, 0.1) is 7.11 Å². The third-order valence-electron chi connectivity index (χ3n) is 5.35. The Balaban J connectivity index is 1.75. The Hall–Kier alpha value is -3.49. The van der Waals surface area contributed by atoms with Crippen molar-refractivity contribution in [2.24, 2.45) is 0 Å². The Morgan fingerprint density at radius 2 is 1.61 bits per heavy atom. The molecule has 33 heavy (non-hydrogen) atoms. The van der Waals surface area contributed by atoms with E-state index in [-0.39, 0.29) is 0 Å². The molecule has 0 radical (unpaired) electrons. The molecular weight excluding hydrogens is 436 g/mol. The number of rotatable bonds is 8. The molecule has 0 amide bonds. The SMILES string of the molecule is COc1cccc(-c2ccc(C(c3ccc(CN(C)C)cc3)S(=O)(=O)n3cncn3)cc2)c1. The zero-order chi connectivity index (χ0) is 23.4. The first kappa shape index (κ1) is 22.7. The van der Waals surface area contributed by atoms with Crippen LogP contribution in [0.4, 0.5) is 0 Å². The van der Waals surface area contributed by atoms with Gasteiger partial charge in [-0.2, -0.15) is 0 Å². The second-order valence-corrected chi connectivity index (χ2v) is 9.90. The number of benzene rings is 3. The van der Waals surface area contributed by atoms with E-state index in [9.17, 15) is 8.42 Å². The first-order chi connectivity index (χ1) is 15.9. The highest BCUT2D eigenvalue weighted by Gasteiger charge is 2.31. The van der Waals surface area contributed by atoms with E-state index in [1.165, 1.54) is 12.7 Å². The lowest BCUT2D eigenvalue weighted by Gasteiger charge is -2.19. The van der Waals surface area contributed by atoms with E-state index in [2.05, 4.69) is 15.0 Å². The molecule has 4 aromatic rings. The van der Waals surface area contributed by atoms with E-state index < -0.39 is 15.3 Å². The molecule has 0 aliphatic rings. The first-order valence-electron chi connectivity index (χ1n) is 10.5. The third kappa shape index (κ3) is 4.97. The third-order valence-corrected chi connectivity index (χ3v) is 7.20. The molecule has 0 aliphatic carbocycles. The zero-order valence-electron chi connectivity index (χ0n) is 18.8. The number of hydrogen-bond donors (Lipinski definition) is 0. The van der Waals surface area contributed by atoms with Crippen LogP contribution >= 0.6 is 0 Å². The fourth-order valence-electron chi connectivity index (χ4n) is 3.79. The molecule has 0 spiro atoms. The summed E-state index contributed by atoms with van der Waals surface area (Å²) >= 11 is 0. The molecular formula is C25H26N4O3S. The predicted octanol–water partition coefficient (Wildman–Crippen LogP) is 3.98. The quantitative estimate of drug-likeness (QED) is 0.394. The van der Waals surface area contributed by atoms with Gasteiger partial charge in [-0.3, -0.25) is 0 Å². The molecule has 0 N–H and O–H groups in total. The van der Waals surface area contributed by atoms with Gasteiger partial charge >= 0.3 is 0 Å². The minimum Gasteiger partial charge on any atom is -0.497 e. The second kappa shape index (κ2) is 9.56. The Kier molecular flexibility index (Phi) is 6.57. The van der Waals surface area contributed by atoms with Crippen LogP contribution in [0.1, 0.15) is 21.9 Å². The second-order valence-electron chi connectivity index (χ2n) is 8.03. The molecule has 170 valence electrons. The van der Waals surface area contributed by atoms with E-state index in [1.54, 1.807) is 7.11 Å². The van der Waals surface area contributed by atoms with Crippen molar-refractivity contribution in [1.82, 2.24) is 19.1 Å². The Labute approximate surface area is 194 Å². The van der Waals surface area contributed by atoms with Gasteiger partial charge < -0.3 is 9.64 Å². The number of aromatic nitrogens is 3. The van der Waals surface area contributed by atoms with Crippen LogP contribution in [0.15, 0.2) is 85.5 Å². The van der Waals surface area contributed by atoms with Gasteiger partial charge in [-0.1, -0.05) is 60.7 Å². The molecule has 4 rings (SSSR count). The van der Waals surface area contributed by atoms with E-state index in [0.717, 1.165) is 33.1 Å². The van der Waals surface area contributed by atoms with Gasteiger partial charge in [0.1, 0.15) is 23.7 Å². The summed E-state index contributed by atoms with van der Waals surface area (Å²) in [7, 11) is 1.75. The largest absolute Gasteiger partial charge is 0.497 e. The molecule has 3 aromatic carbocycles. The van der Waals surface area contributed by atoms with Crippen LogP contribution in [-0.2, 0) is 16.6 Å². The monoisotopic (exact) mass is 462 g/mol. The number of ether oxygens (including phenoxy) is 1. The van der Waals surface area contributed by atoms with Crippen LogP contribution in [0.25, 0.3) is 11.1 Å². The van der Waals surface area contributed by atoms with Crippen LogP contribution in [0, 0.1) is 0 Å². The van der Waals surface area contributed by atoms with E-state index in [1.807, 2.05) is 86.9 Å². The average Bonchev–Trinajstić information content (AvgIpc) is 3.37. The van der Waals surface area contributed by atoms with Crippen LogP contribution in [0.5, 0.6) is 5.75 Å². The Bertz CT molecular complexity index is 1300. The van der Waals surface area contributed by atoms with Crippen molar-refractivity contribution in [3.8, 4) is 16.9 Å². The predicted molar refractivity (Wildman–Crippen MR) is 128 cm³/mol. The lowest BCUT2D eigenvalue weighted by atomic mass is 9.99. The molecule has 0 fully saturated rings. The minimum absolute atomic E-state index is 0.650. The summed E-state index contributed by atoms with van der Waals surface area (Å²) in [5.74, 6) is 0.765. The normalized spacial score (nSPS) is 12.6. The van der Waals surface area contributed by atoms with Crippen LogP contribution in [0.2, 0.25) is 0 Å². The average molecular weight is 463 g/mol. The van der Waals surface area contributed by atoms with Crippen molar-refractivity contribution in [2.45, 2.75) is 11.8 Å². The standard InChI is InChI=1S/C25H26N4O3S/c1-28(2)16-19-7-9-21(10-8-19)25(33(30,31)29-18-26-17-27-29)22-13-11-20(12-14-22)23-5-4-6-24(15-23)32-3/h4-15,17-18,25H,16H2,1-3H3. The number of methoxy groups -OCH3 is 1. The maximum atomic E-state index is 13.5. The Morgan fingerprint density at radius 3 is 2.18 bits per heavy atom. The van der Waals surface area contributed by atoms with Gasteiger partial charge in [-0.25, -0.2) is 13.4 Å². The summed E-state index contributed by atoms with van der Waals surface area (Å²) in [6.07, 6.45) is 2.44. The summed E-state index contributed by atoms with van der Waals surface area (Å²) in [6.45, 7) is 0.774. The summed E-state index contributed by atoms with van der Waals surface area (Å²) in [4.78, 5) is 5.90. The highest BCUT2D eigenvalue weighted by Crippen LogP contribution is 2.33. The molecule has 0 saturated heterocycles. The molecule has 7 nitrogen and oxygen atoms in total. The van der Waals surface area contributed by atoms with Crippen molar-refractivity contribution in [1.29, 1.82) is 0 Å². The topological polar surface area (TPSA) is 77.3 Å². The lowest BCUT2D eigenvalue weighted by molar-refractivity contribution is 0.402. The highest BCUT2D eigenvalue weighted by molar-refractivity contribution is 7.90. The van der Waals surface area contributed by atoms with Crippen LogP contribution in [0.3, 0.4) is 0 Å². The Morgan fingerprint density at radius 1 is 0.939 bits per heavy atom. The van der Waals surface area contributed by atoms with Crippen molar-refractivity contribution in [2.75, 3.05) is 21.2 Å². The fourth-order valence-corrected chi connectivity index (χ4v) is 5.37. The molecule has 0 aliphatic heterocycles. The highest BCUT2D eigenvalue weighted by atomic mass is 32.2. The molecule has 0 saturated carbocycles. The molecule has 1 aromatic heterocycles. The molecule has 1 unspecified atom stereocenters. The molecule has 1 atom stereocenters. The minimum atomic E-state index is -3.88. The summed E-state index contributed by atoms with van der Waals surface area (Å²) in [5, 5.41) is 2.97. The summed E-state index contributed by atoms with van der Waals surface area (Å²) in [5.41, 5.74) is 4.38. The van der Waals surface area contributed by atoms with E-state index in [4.69, 9.17) is 4.74 Å². The van der Waals surface area contributed by atoms with Crippen molar-refractivity contribution in [3.63, 3.8) is 0 Å². The smallest absolute Gasteiger partial charge is 0.266 e. The fraction of sp³-hybridized carbons (Fsp3) is 0.200.